The summed E-state index contributed by atoms with van der Waals surface area (Å²) in [5, 5.41) is 8.06. The van der Waals surface area contributed by atoms with Gasteiger partial charge in [0.2, 0.25) is 5.91 Å². The number of rotatable bonds is 2. The van der Waals surface area contributed by atoms with Gasteiger partial charge in [-0.05, 0) is 34.6 Å². The zero-order valence-corrected chi connectivity index (χ0v) is 10.4. The minimum absolute atomic E-state index is 0.0254. The summed E-state index contributed by atoms with van der Waals surface area (Å²) in [6.07, 6.45) is 1.41. The molecule has 1 unspecified atom stereocenters. The van der Waals surface area contributed by atoms with E-state index in [0.717, 1.165) is 0 Å². The maximum absolute atomic E-state index is 11.9. The Morgan fingerprint density at radius 3 is 2.44 bits per heavy atom. The number of carbonyl (C=O) groups is 2. The van der Waals surface area contributed by atoms with E-state index in [4.69, 9.17) is 0 Å². The summed E-state index contributed by atoms with van der Waals surface area (Å²) in [7, 11) is 0. The number of hydrazone groups is 1. The zero-order valence-electron chi connectivity index (χ0n) is 10.4. The van der Waals surface area contributed by atoms with E-state index in [1.807, 2.05) is 34.6 Å². The SMILES string of the molecule is CC(C)NC(=O)C1C=NN(C(C)(C)C)C1=O. The van der Waals surface area contributed by atoms with Crippen LogP contribution in [0.1, 0.15) is 34.6 Å². The van der Waals surface area contributed by atoms with Crippen LogP contribution in [0.3, 0.4) is 0 Å². The summed E-state index contributed by atoms with van der Waals surface area (Å²) in [6.45, 7) is 9.35. The molecule has 2 amide bonds. The summed E-state index contributed by atoms with van der Waals surface area (Å²) in [4.78, 5) is 23.6. The molecular weight excluding hydrogens is 206 g/mol. The van der Waals surface area contributed by atoms with Crippen molar-refractivity contribution in [3.05, 3.63) is 0 Å². The van der Waals surface area contributed by atoms with Crippen molar-refractivity contribution in [2.24, 2.45) is 11.0 Å². The monoisotopic (exact) mass is 225 g/mol. The molecule has 1 rings (SSSR count). The van der Waals surface area contributed by atoms with Gasteiger partial charge < -0.3 is 5.32 Å². The first-order chi connectivity index (χ1) is 7.23. The van der Waals surface area contributed by atoms with Crippen LogP contribution in [-0.4, -0.2) is 34.6 Å². The van der Waals surface area contributed by atoms with Gasteiger partial charge in [0.05, 0.1) is 5.54 Å². The summed E-state index contributed by atoms with van der Waals surface area (Å²) in [6, 6.07) is 0.0254. The second-order valence-electron chi connectivity index (χ2n) is 5.23. The van der Waals surface area contributed by atoms with Crippen molar-refractivity contribution < 1.29 is 9.59 Å². The van der Waals surface area contributed by atoms with Crippen LogP contribution in [-0.2, 0) is 9.59 Å². The lowest BCUT2D eigenvalue weighted by Crippen LogP contribution is -2.45. The molecule has 1 heterocycles. The van der Waals surface area contributed by atoms with Crippen molar-refractivity contribution in [2.45, 2.75) is 46.2 Å². The molecule has 1 aliphatic rings. The van der Waals surface area contributed by atoms with Crippen molar-refractivity contribution in [1.29, 1.82) is 0 Å². The normalized spacial score (nSPS) is 20.8. The molecule has 0 radical (unpaired) electrons. The fourth-order valence-electron chi connectivity index (χ4n) is 1.44. The predicted molar refractivity (Wildman–Crippen MR) is 61.9 cm³/mol. The number of carbonyl (C=O) groups excluding carboxylic acids is 2. The van der Waals surface area contributed by atoms with E-state index in [1.54, 1.807) is 0 Å². The van der Waals surface area contributed by atoms with Gasteiger partial charge in [0.1, 0.15) is 0 Å². The molecule has 90 valence electrons. The first-order valence-corrected chi connectivity index (χ1v) is 5.42. The molecule has 0 aromatic carbocycles. The van der Waals surface area contributed by atoms with Gasteiger partial charge in [-0.2, -0.15) is 5.10 Å². The summed E-state index contributed by atoms with van der Waals surface area (Å²) in [5.74, 6) is -1.32. The van der Waals surface area contributed by atoms with Crippen LogP contribution in [0.2, 0.25) is 0 Å². The van der Waals surface area contributed by atoms with Gasteiger partial charge in [0, 0.05) is 12.3 Å². The molecule has 1 N–H and O–H groups in total. The Kier molecular flexibility index (Phi) is 3.35. The van der Waals surface area contributed by atoms with Crippen molar-refractivity contribution in [3.63, 3.8) is 0 Å². The van der Waals surface area contributed by atoms with E-state index in [0.29, 0.717) is 0 Å². The highest BCUT2D eigenvalue weighted by Crippen LogP contribution is 2.21. The zero-order chi connectivity index (χ0) is 12.5. The summed E-state index contributed by atoms with van der Waals surface area (Å²) in [5.41, 5.74) is -0.388. The Labute approximate surface area is 95.9 Å². The molecule has 0 aromatic heterocycles. The second kappa shape index (κ2) is 4.23. The Morgan fingerprint density at radius 2 is 2.06 bits per heavy atom. The molecule has 1 atom stereocenters. The molecule has 5 heteroatoms. The number of hydrogen-bond acceptors (Lipinski definition) is 3. The van der Waals surface area contributed by atoms with Gasteiger partial charge >= 0.3 is 0 Å². The Bertz CT molecular complexity index is 329. The number of nitrogens with zero attached hydrogens (tertiary/aromatic N) is 2. The smallest absolute Gasteiger partial charge is 0.261 e. The standard InChI is InChI=1S/C11H19N3O2/c1-7(2)13-9(15)8-6-12-14(10(8)16)11(3,4)5/h6-8H,1-5H3,(H,13,15). The van der Waals surface area contributed by atoms with Crippen molar-refractivity contribution in [1.82, 2.24) is 10.3 Å². The predicted octanol–water partition coefficient (Wildman–Crippen LogP) is 0.754. The lowest BCUT2D eigenvalue weighted by Gasteiger charge is -2.28. The maximum Gasteiger partial charge on any atom is 0.261 e. The number of hydrogen-bond donors (Lipinski definition) is 1. The van der Waals surface area contributed by atoms with E-state index in [-0.39, 0.29) is 23.4 Å². The third kappa shape index (κ3) is 2.59. The van der Waals surface area contributed by atoms with Crippen molar-refractivity contribution >= 4 is 18.0 Å². The van der Waals surface area contributed by atoms with E-state index in [9.17, 15) is 9.59 Å². The lowest BCUT2D eigenvalue weighted by atomic mass is 10.1. The second-order valence-corrected chi connectivity index (χ2v) is 5.23. The molecule has 0 aliphatic carbocycles. The molecule has 0 fully saturated rings. The highest BCUT2D eigenvalue weighted by atomic mass is 16.2. The van der Waals surface area contributed by atoms with Gasteiger partial charge in [-0.25, -0.2) is 5.01 Å². The minimum Gasteiger partial charge on any atom is -0.353 e. The molecule has 16 heavy (non-hydrogen) atoms. The van der Waals surface area contributed by atoms with Crippen LogP contribution in [0.5, 0.6) is 0 Å². The molecule has 0 saturated heterocycles. The van der Waals surface area contributed by atoms with Crippen LogP contribution >= 0.6 is 0 Å². The van der Waals surface area contributed by atoms with E-state index < -0.39 is 5.92 Å². The molecule has 1 aliphatic heterocycles. The first-order valence-electron chi connectivity index (χ1n) is 5.42. The molecule has 0 spiro atoms. The van der Waals surface area contributed by atoms with Gasteiger partial charge in [-0.1, -0.05) is 0 Å². The lowest BCUT2D eigenvalue weighted by molar-refractivity contribution is -0.140. The number of amides is 2. The highest BCUT2D eigenvalue weighted by Gasteiger charge is 2.39. The van der Waals surface area contributed by atoms with Gasteiger partial charge in [-0.15, -0.1) is 0 Å². The molecule has 0 aromatic rings. The fourth-order valence-corrected chi connectivity index (χ4v) is 1.44. The van der Waals surface area contributed by atoms with Gasteiger partial charge in [-0.3, -0.25) is 9.59 Å². The Morgan fingerprint density at radius 1 is 1.50 bits per heavy atom. The maximum atomic E-state index is 11.9. The Balaban J connectivity index is 2.73. The average Bonchev–Trinajstić information content (AvgIpc) is 2.44. The summed E-state index contributed by atoms with van der Waals surface area (Å²) < 4.78 is 0. The first kappa shape index (κ1) is 12.7. The van der Waals surface area contributed by atoms with E-state index >= 15 is 0 Å². The van der Waals surface area contributed by atoms with E-state index in [2.05, 4.69) is 10.4 Å². The van der Waals surface area contributed by atoms with Crippen LogP contribution in [0.4, 0.5) is 0 Å². The molecule has 0 saturated carbocycles. The van der Waals surface area contributed by atoms with Crippen molar-refractivity contribution in [2.75, 3.05) is 0 Å². The quantitative estimate of drug-likeness (QED) is 0.705. The van der Waals surface area contributed by atoms with Crippen LogP contribution in [0.15, 0.2) is 5.10 Å². The summed E-state index contributed by atoms with van der Waals surface area (Å²) >= 11 is 0. The third-order valence-electron chi connectivity index (χ3n) is 2.15. The topological polar surface area (TPSA) is 61.8 Å². The Hall–Kier alpha value is -1.39. The molecule has 0 bridgehead atoms. The van der Waals surface area contributed by atoms with Crippen LogP contribution in [0, 0.1) is 5.92 Å². The van der Waals surface area contributed by atoms with E-state index in [1.165, 1.54) is 11.2 Å². The van der Waals surface area contributed by atoms with Gasteiger partial charge in [0.25, 0.3) is 5.91 Å². The van der Waals surface area contributed by atoms with Crippen LogP contribution in [0.25, 0.3) is 0 Å². The third-order valence-corrected chi connectivity index (χ3v) is 2.15. The largest absolute Gasteiger partial charge is 0.353 e. The highest BCUT2D eigenvalue weighted by molar-refractivity contribution is 6.15. The minimum atomic E-state index is -0.776. The van der Waals surface area contributed by atoms with Crippen LogP contribution < -0.4 is 5.32 Å². The number of nitrogens with one attached hydrogen (secondary N) is 1. The average molecular weight is 225 g/mol. The fraction of sp³-hybridized carbons (Fsp3) is 0.727. The van der Waals surface area contributed by atoms with Gasteiger partial charge in [0.15, 0.2) is 5.92 Å². The molecule has 5 nitrogen and oxygen atoms in total. The molecular formula is C11H19N3O2. The van der Waals surface area contributed by atoms with Crippen molar-refractivity contribution in [3.8, 4) is 0 Å².